The molecule has 0 aliphatic carbocycles. The SMILES string of the molecule is CNC(=O)C(C)N(Cc1ccccc1C)C(=O)CN(c1cc(Cl)ccc1C)S(C)(=O)=O. The van der Waals surface area contributed by atoms with Gasteiger partial charge in [0, 0.05) is 18.6 Å². The molecule has 0 aliphatic heterocycles. The zero-order chi connectivity index (χ0) is 23.3. The zero-order valence-corrected chi connectivity index (χ0v) is 19.9. The topological polar surface area (TPSA) is 86.8 Å². The second-order valence-corrected chi connectivity index (χ2v) is 9.78. The van der Waals surface area contributed by atoms with E-state index in [0.717, 1.165) is 21.7 Å². The van der Waals surface area contributed by atoms with E-state index in [1.165, 1.54) is 18.0 Å². The maximum absolute atomic E-state index is 13.4. The lowest BCUT2D eigenvalue weighted by atomic mass is 10.1. The average Bonchev–Trinajstić information content (AvgIpc) is 2.71. The largest absolute Gasteiger partial charge is 0.357 e. The minimum Gasteiger partial charge on any atom is -0.357 e. The summed E-state index contributed by atoms with van der Waals surface area (Å²) in [6, 6.07) is 11.6. The molecule has 0 aromatic heterocycles. The quantitative estimate of drug-likeness (QED) is 0.649. The number of likely N-dealkylation sites (N-methyl/N-ethyl adjacent to an activating group) is 1. The first kappa shape index (κ1) is 24.7. The number of hydrogen-bond donors (Lipinski definition) is 1. The monoisotopic (exact) mass is 465 g/mol. The van der Waals surface area contributed by atoms with Gasteiger partial charge < -0.3 is 10.2 Å². The molecule has 2 amide bonds. The third-order valence-electron chi connectivity index (χ3n) is 5.13. The average molecular weight is 466 g/mol. The smallest absolute Gasteiger partial charge is 0.244 e. The Morgan fingerprint density at radius 2 is 1.74 bits per heavy atom. The van der Waals surface area contributed by atoms with Crippen molar-refractivity contribution < 1.29 is 18.0 Å². The predicted octanol–water partition coefficient (Wildman–Crippen LogP) is 2.89. The number of sulfonamides is 1. The number of anilines is 1. The molecular formula is C22H28ClN3O4S. The molecule has 0 bridgehead atoms. The van der Waals surface area contributed by atoms with Gasteiger partial charge in [0.05, 0.1) is 11.9 Å². The Bertz CT molecular complexity index is 1070. The summed E-state index contributed by atoms with van der Waals surface area (Å²) >= 11 is 6.08. The lowest BCUT2D eigenvalue weighted by Gasteiger charge is -2.32. The maximum atomic E-state index is 13.4. The summed E-state index contributed by atoms with van der Waals surface area (Å²) < 4.78 is 26.1. The van der Waals surface area contributed by atoms with E-state index in [-0.39, 0.29) is 12.5 Å². The summed E-state index contributed by atoms with van der Waals surface area (Å²) in [6.45, 7) is 5.00. The van der Waals surface area contributed by atoms with Gasteiger partial charge in [0.25, 0.3) is 0 Å². The van der Waals surface area contributed by atoms with Crippen LogP contribution in [0.25, 0.3) is 0 Å². The van der Waals surface area contributed by atoms with E-state index in [9.17, 15) is 18.0 Å². The van der Waals surface area contributed by atoms with Crippen LogP contribution in [0.5, 0.6) is 0 Å². The number of halogens is 1. The van der Waals surface area contributed by atoms with Crippen LogP contribution < -0.4 is 9.62 Å². The number of aryl methyl sites for hydroxylation is 2. The molecule has 7 nitrogen and oxygen atoms in total. The van der Waals surface area contributed by atoms with E-state index in [4.69, 9.17) is 11.6 Å². The van der Waals surface area contributed by atoms with Crippen molar-refractivity contribution in [3.8, 4) is 0 Å². The Balaban J connectivity index is 2.45. The van der Waals surface area contributed by atoms with Crippen molar-refractivity contribution in [2.24, 2.45) is 0 Å². The molecule has 2 aromatic carbocycles. The normalized spacial score (nSPS) is 12.2. The van der Waals surface area contributed by atoms with E-state index in [1.807, 2.05) is 31.2 Å². The van der Waals surface area contributed by atoms with Crippen LogP contribution in [0, 0.1) is 13.8 Å². The number of benzene rings is 2. The van der Waals surface area contributed by atoms with Crippen molar-refractivity contribution in [1.82, 2.24) is 10.2 Å². The van der Waals surface area contributed by atoms with Crippen molar-refractivity contribution in [1.29, 1.82) is 0 Å². The first-order valence-electron chi connectivity index (χ1n) is 9.75. The zero-order valence-electron chi connectivity index (χ0n) is 18.3. The third kappa shape index (κ3) is 6.21. The molecule has 0 radical (unpaired) electrons. The summed E-state index contributed by atoms with van der Waals surface area (Å²) in [4.78, 5) is 27.1. The summed E-state index contributed by atoms with van der Waals surface area (Å²) in [6.07, 6.45) is 1.04. The first-order chi connectivity index (χ1) is 14.5. The lowest BCUT2D eigenvalue weighted by Crippen LogP contribution is -2.50. The van der Waals surface area contributed by atoms with Gasteiger partial charge >= 0.3 is 0 Å². The second-order valence-electron chi connectivity index (χ2n) is 7.44. The number of hydrogen-bond acceptors (Lipinski definition) is 4. The van der Waals surface area contributed by atoms with Crippen LogP contribution in [0.2, 0.25) is 5.02 Å². The first-order valence-corrected chi connectivity index (χ1v) is 12.0. The summed E-state index contributed by atoms with van der Waals surface area (Å²) in [5.74, 6) is -0.837. The molecule has 0 aliphatic rings. The molecule has 0 heterocycles. The highest BCUT2D eigenvalue weighted by Crippen LogP contribution is 2.26. The molecule has 0 spiro atoms. The van der Waals surface area contributed by atoms with Gasteiger partial charge in [-0.1, -0.05) is 41.9 Å². The number of rotatable bonds is 8. The van der Waals surface area contributed by atoms with Crippen LogP contribution in [-0.2, 0) is 26.2 Å². The highest BCUT2D eigenvalue weighted by atomic mass is 35.5. The summed E-state index contributed by atoms with van der Waals surface area (Å²) in [5, 5.41) is 2.91. The van der Waals surface area contributed by atoms with Crippen molar-refractivity contribution in [2.75, 3.05) is 24.2 Å². The van der Waals surface area contributed by atoms with E-state index >= 15 is 0 Å². The fourth-order valence-corrected chi connectivity index (χ4v) is 4.27. The molecule has 1 unspecified atom stereocenters. The van der Waals surface area contributed by atoms with Crippen LogP contribution in [0.3, 0.4) is 0 Å². The third-order valence-corrected chi connectivity index (χ3v) is 6.50. The van der Waals surface area contributed by atoms with Gasteiger partial charge in [0.2, 0.25) is 21.8 Å². The fraction of sp³-hybridized carbons (Fsp3) is 0.364. The molecule has 1 N–H and O–H groups in total. The van der Waals surface area contributed by atoms with Crippen molar-refractivity contribution in [2.45, 2.75) is 33.4 Å². The highest BCUT2D eigenvalue weighted by Gasteiger charge is 2.30. The molecule has 9 heteroatoms. The second kappa shape index (κ2) is 10.2. The highest BCUT2D eigenvalue weighted by molar-refractivity contribution is 7.92. The van der Waals surface area contributed by atoms with Gasteiger partial charge in [-0.05, 0) is 49.6 Å². The lowest BCUT2D eigenvalue weighted by molar-refractivity contribution is -0.139. The van der Waals surface area contributed by atoms with Gasteiger partial charge in [-0.15, -0.1) is 0 Å². The number of carbonyl (C=O) groups is 2. The Hall–Kier alpha value is -2.58. The van der Waals surface area contributed by atoms with Crippen LogP contribution in [0.1, 0.15) is 23.6 Å². The standard InChI is InChI=1S/C22H28ClN3O4S/c1-15-8-6-7-9-18(15)13-25(17(3)22(28)24-4)21(27)14-26(31(5,29)30)20-12-19(23)11-10-16(20)2/h6-12,17H,13-14H2,1-5H3,(H,24,28). The predicted molar refractivity (Wildman–Crippen MR) is 124 cm³/mol. The van der Waals surface area contributed by atoms with Gasteiger partial charge in [-0.2, -0.15) is 0 Å². The van der Waals surface area contributed by atoms with Gasteiger partial charge in [0.15, 0.2) is 0 Å². The van der Waals surface area contributed by atoms with Gasteiger partial charge in [-0.25, -0.2) is 8.42 Å². The Kier molecular flexibility index (Phi) is 8.08. The van der Waals surface area contributed by atoms with E-state index in [0.29, 0.717) is 16.3 Å². The Labute approximate surface area is 189 Å². The van der Waals surface area contributed by atoms with Crippen LogP contribution in [0.4, 0.5) is 5.69 Å². The molecule has 0 saturated heterocycles. The number of amides is 2. The summed E-state index contributed by atoms with van der Waals surface area (Å²) in [7, 11) is -2.30. The molecular weight excluding hydrogens is 438 g/mol. The molecule has 168 valence electrons. The number of nitrogens with zero attached hydrogens (tertiary/aromatic N) is 2. The van der Waals surface area contributed by atoms with Crippen LogP contribution in [0.15, 0.2) is 42.5 Å². The number of nitrogens with one attached hydrogen (secondary N) is 1. The summed E-state index contributed by atoms with van der Waals surface area (Å²) in [5.41, 5.74) is 2.82. The van der Waals surface area contributed by atoms with E-state index in [2.05, 4.69) is 5.32 Å². The fourth-order valence-electron chi connectivity index (χ4n) is 3.21. The van der Waals surface area contributed by atoms with E-state index in [1.54, 1.807) is 26.0 Å². The molecule has 1 atom stereocenters. The van der Waals surface area contributed by atoms with Gasteiger partial charge in [-0.3, -0.25) is 13.9 Å². The molecule has 2 rings (SSSR count). The van der Waals surface area contributed by atoms with E-state index < -0.39 is 28.5 Å². The van der Waals surface area contributed by atoms with Gasteiger partial charge in [0.1, 0.15) is 12.6 Å². The minimum atomic E-state index is -3.79. The molecule has 31 heavy (non-hydrogen) atoms. The van der Waals surface area contributed by atoms with Crippen LogP contribution >= 0.6 is 11.6 Å². The van der Waals surface area contributed by atoms with Crippen molar-refractivity contribution in [3.63, 3.8) is 0 Å². The molecule has 2 aromatic rings. The Morgan fingerprint density at radius 3 is 2.32 bits per heavy atom. The maximum Gasteiger partial charge on any atom is 0.244 e. The minimum absolute atomic E-state index is 0.173. The number of carbonyl (C=O) groups excluding carboxylic acids is 2. The van der Waals surface area contributed by atoms with Crippen molar-refractivity contribution >= 4 is 39.1 Å². The van der Waals surface area contributed by atoms with Crippen LogP contribution in [-0.4, -0.2) is 51.0 Å². The molecule has 0 fully saturated rings. The molecule has 0 saturated carbocycles. The van der Waals surface area contributed by atoms with Crippen molar-refractivity contribution in [3.05, 3.63) is 64.2 Å². The Morgan fingerprint density at radius 1 is 1.10 bits per heavy atom.